The predicted molar refractivity (Wildman–Crippen MR) is 94.1 cm³/mol. The quantitative estimate of drug-likeness (QED) is 0.442. The molecule has 0 aromatic carbocycles. The molecular formula is C20H24F6O7. The summed E-state index contributed by atoms with van der Waals surface area (Å²) in [5, 5.41) is 0. The van der Waals surface area contributed by atoms with Gasteiger partial charge in [-0.25, -0.2) is 4.79 Å². The normalized spacial score (nSPS) is 41.1. The molecule has 3 aliphatic heterocycles. The van der Waals surface area contributed by atoms with E-state index in [0.29, 0.717) is 6.42 Å². The van der Waals surface area contributed by atoms with Crippen LogP contribution in [0.5, 0.6) is 0 Å². The van der Waals surface area contributed by atoms with E-state index in [-0.39, 0.29) is 0 Å². The van der Waals surface area contributed by atoms with E-state index in [1.54, 1.807) is 20.8 Å². The van der Waals surface area contributed by atoms with Gasteiger partial charge in [-0.05, 0) is 26.7 Å². The van der Waals surface area contributed by atoms with Crippen molar-refractivity contribution in [2.75, 3.05) is 0 Å². The van der Waals surface area contributed by atoms with Gasteiger partial charge in [0.25, 0.3) is 0 Å². The van der Waals surface area contributed by atoms with Gasteiger partial charge in [0, 0.05) is 12.8 Å². The zero-order valence-electron chi connectivity index (χ0n) is 18.0. The van der Waals surface area contributed by atoms with Gasteiger partial charge >= 0.3 is 24.3 Å². The molecule has 0 aromatic rings. The van der Waals surface area contributed by atoms with E-state index in [1.165, 1.54) is 0 Å². The number of fused-ring (bicyclic) bond motifs is 3. The smallest absolute Gasteiger partial charge is 0.392 e. The second-order valence-electron chi connectivity index (χ2n) is 9.67. The molecule has 13 heteroatoms. The number of esters is 2. The van der Waals surface area contributed by atoms with Crippen LogP contribution in [0.3, 0.4) is 0 Å². The van der Waals surface area contributed by atoms with Gasteiger partial charge in [-0.2, -0.15) is 26.3 Å². The molecule has 0 bridgehead atoms. The number of carbonyl (C=O) groups excluding carboxylic acids is 2. The van der Waals surface area contributed by atoms with Crippen LogP contribution in [0, 0.1) is 17.3 Å². The standard InChI is InChI=1S/C20H24F6O7/c1-4-17(2,3)16(28)31-12-10-11(29-14(12)27)13-15(30-10)33-18(32-13)6-8(19(21,22)23)5-9(7-18)20(24,25)26/h8-13,15H,4-7H2,1-3H3. The maximum Gasteiger partial charge on any atom is 0.392 e. The lowest BCUT2D eigenvalue weighted by Crippen LogP contribution is -2.49. The molecular weight excluding hydrogens is 466 g/mol. The summed E-state index contributed by atoms with van der Waals surface area (Å²) in [5.41, 5.74) is -0.898. The third kappa shape index (κ3) is 4.31. The highest BCUT2D eigenvalue weighted by Gasteiger charge is 2.69. The average Bonchev–Trinajstić information content (AvgIpc) is 3.28. The molecule has 7 atom stereocenters. The SMILES string of the molecule is CCC(C)(C)C(=O)OC1C(=O)OC2C3OC4(CC(C(F)(F)F)CC(C(F)(F)F)C4)OC3OC12. The number of alkyl halides is 6. The van der Waals surface area contributed by atoms with Crippen LogP contribution in [0.25, 0.3) is 0 Å². The fourth-order valence-corrected chi connectivity index (χ4v) is 4.64. The van der Waals surface area contributed by atoms with Gasteiger partial charge in [0.15, 0.2) is 24.3 Å². The fraction of sp³-hybridized carbons (Fsp3) is 0.900. The third-order valence-electron chi connectivity index (χ3n) is 6.95. The topological polar surface area (TPSA) is 80.3 Å². The lowest BCUT2D eigenvalue weighted by Gasteiger charge is -2.42. The lowest BCUT2D eigenvalue weighted by molar-refractivity contribution is -0.308. The largest absolute Gasteiger partial charge is 0.454 e. The number of rotatable bonds is 3. The van der Waals surface area contributed by atoms with Crippen LogP contribution in [0.15, 0.2) is 0 Å². The summed E-state index contributed by atoms with van der Waals surface area (Å²) in [7, 11) is 0. The monoisotopic (exact) mass is 490 g/mol. The van der Waals surface area contributed by atoms with E-state index in [2.05, 4.69) is 0 Å². The van der Waals surface area contributed by atoms with E-state index in [4.69, 9.17) is 23.7 Å². The maximum atomic E-state index is 13.4. The summed E-state index contributed by atoms with van der Waals surface area (Å²) in [5.74, 6) is -8.38. The molecule has 1 aliphatic carbocycles. The zero-order valence-corrected chi connectivity index (χ0v) is 18.0. The highest BCUT2D eigenvalue weighted by atomic mass is 19.4. The number of hydrogen-bond donors (Lipinski definition) is 0. The average molecular weight is 490 g/mol. The van der Waals surface area contributed by atoms with Crippen LogP contribution in [0.2, 0.25) is 0 Å². The Labute approximate surface area is 185 Å². The number of hydrogen-bond acceptors (Lipinski definition) is 7. The molecule has 7 nitrogen and oxygen atoms in total. The van der Waals surface area contributed by atoms with Gasteiger partial charge in [0.05, 0.1) is 17.3 Å². The van der Waals surface area contributed by atoms with E-state index < -0.39 is 97.3 Å². The van der Waals surface area contributed by atoms with Gasteiger partial charge in [-0.3, -0.25) is 4.79 Å². The molecule has 0 radical (unpaired) electrons. The Hall–Kier alpha value is -1.60. The minimum Gasteiger partial charge on any atom is -0.454 e. The Morgan fingerprint density at radius 3 is 2.09 bits per heavy atom. The molecule has 4 fully saturated rings. The predicted octanol–water partition coefficient (Wildman–Crippen LogP) is 3.64. The number of ether oxygens (including phenoxy) is 5. The lowest BCUT2D eigenvalue weighted by atomic mass is 9.77. The molecule has 0 N–H and O–H groups in total. The van der Waals surface area contributed by atoms with Crippen LogP contribution < -0.4 is 0 Å². The van der Waals surface area contributed by atoms with Crippen LogP contribution in [0.1, 0.15) is 46.5 Å². The fourth-order valence-electron chi connectivity index (χ4n) is 4.64. The van der Waals surface area contributed by atoms with E-state index >= 15 is 0 Å². The van der Waals surface area contributed by atoms with Crippen molar-refractivity contribution in [3.63, 3.8) is 0 Å². The van der Waals surface area contributed by atoms with Gasteiger partial charge in [0.2, 0.25) is 6.10 Å². The van der Waals surface area contributed by atoms with E-state index in [1.807, 2.05) is 0 Å². The van der Waals surface area contributed by atoms with Gasteiger partial charge in [-0.15, -0.1) is 0 Å². The first-order valence-corrected chi connectivity index (χ1v) is 10.6. The van der Waals surface area contributed by atoms with Crippen molar-refractivity contribution < 1.29 is 59.6 Å². The Balaban J connectivity index is 1.51. The third-order valence-corrected chi connectivity index (χ3v) is 6.95. The molecule has 4 rings (SSSR count). The minimum absolute atomic E-state index is 0.420. The Bertz CT molecular complexity index is 788. The highest BCUT2D eigenvalue weighted by molar-refractivity contribution is 5.84. The van der Waals surface area contributed by atoms with Crippen LogP contribution in [0.4, 0.5) is 26.3 Å². The van der Waals surface area contributed by atoms with Crippen LogP contribution in [-0.4, -0.2) is 60.8 Å². The summed E-state index contributed by atoms with van der Waals surface area (Å²) in [6.07, 6.45) is -18.5. The van der Waals surface area contributed by atoms with Crippen molar-refractivity contribution >= 4 is 11.9 Å². The number of carbonyl (C=O) groups is 2. The first-order valence-electron chi connectivity index (χ1n) is 10.6. The van der Waals surface area contributed by atoms with Gasteiger partial charge < -0.3 is 23.7 Å². The molecule has 7 unspecified atom stereocenters. The molecule has 0 amide bonds. The second kappa shape index (κ2) is 7.70. The molecule has 1 saturated carbocycles. The first kappa shape index (κ1) is 24.5. The van der Waals surface area contributed by atoms with Gasteiger partial charge in [-0.1, -0.05) is 6.92 Å². The maximum absolute atomic E-state index is 13.4. The Morgan fingerprint density at radius 1 is 1.00 bits per heavy atom. The minimum atomic E-state index is -4.88. The summed E-state index contributed by atoms with van der Waals surface area (Å²) >= 11 is 0. The first-order chi connectivity index (χ1) is 15.1. The van der Waals surface area contributed by atoms with Crippen molar-refractivity contribution in [3.8, 4) is 0 Å². The van der Waals surface area contributed by atoms with Crippen LogP contribution in [-0.2, 0) is 33.3 Å². The molecule has 3 heterocycles. The van der Waals surface area contributed by atoms with E-state index in [0.717, 1.165) is 0 Å². The van der Waals surface area contributed by atoms with Crippen molar-refractivity contribution in [3.05, 3.63) is 0 Å². The molecule has 33 heavy (non-hydrogen) atoms. The molecule has 188 valence electrons. The van der Waals surface area contributed by atoms with Crippen LogP contribution >= 0.6 is 0 Å². The van der Waals surface area contributed by atoms with Crippen molar-refractivity contribution in [2.24, 2.45) is 17.3 Å². The van der Waals surface area contributed by atoms with E-state index in [9.17, 15) is 35.9 Å². The van der Waals surface area contributed by atoms with Crippen molar-refractivity contribution in [2.45, 2.75) is 95.3 Å². The summed E-state index contributed by atoms with van der Waals surface area (Å²) in [4.78, 5) is 24.7. The number of halogens is 6. The van der Waals surface area contributed by atoms with Gasteiger partial charge in [0.1, 0.15) is 6.10 Å². The highest BCUT2D eigenvalue weighted by Crippen LogP contribution is 2.55. The Morgan fingerprint density at radius 2 is 1.58 bits per heavy atom. The molecule has 4 aliphatic rings. The molecule has 1 spiro atoms. The summed E-state index contributed by atoms with van der Waals surface area (Å²) in [6, 6.07) is 0. The Kier molecular flexibility index (Phi) is 5.73. The van der Waals surface area contributed by atoms with Crippen molar-refractivity contribution in [1.29, 1.82) is 0 Å². The summed E-state index contributed by atoms with van der Waals surface area (Å²) < 4.78 is 107. The van der Waals surface area contributed by atoms with Crippen molar-refractivity contribution in [1.82, 2.24) is 0 Å². The zero-order chi connectivity index (χ0) is 24.6. The molecule has 3 saturated heterocycles. The molecule has 0 aromatic heterocycles. The second-order valence-corrected chi connectivity index (χ2v) is 9.67. The summed E-state index contributed by atoms with van der Waals surface area (Å²) in [6.45, 7) is 4.98.